The van der Waals surface area contributed by atoms with Crippen molar-refractivity contribution in [2.45, 2.75) is 46.2 Å². The molecule has 0 fully saturated rings. The fraction of sp³-hybridized carbons (Fsp3) is 0.533. The van der Waals surface area contributed by atoms with E-state index in [2.05, 4.69) is 29.4 Å². The highest BCUT2D eigenvalue weighted by molar-refractivity contribution is 5.80. The number of hydrogen-bond donors (Lipinski definition) is 1. The van der Waals surface area contributed by atoms with Crippen molar-refractivity contribution in [3.8, 4) is 0 Å². The zero-order valence-corrected chi connectivity index (χ0v) is 12.7. The van der Waals surface area contributed by atoms with Gasteiger partial charge in [0.1, 0.15) is 6.04 Å². The van der Waals surface area contributed by atoms with Gasteiger partial charge in [-0.1, -0.05) is 25.9 Å². The van der Waals surface area contributed by atoms with Gasteiger partial charge < -0.3 is 9.84 Å². The van der Waals surface area contributed by atoms with Gasteiger partial charge in [0.2, 0.25) is 5.91 Å². The van der Waals surface area contributed by atoms with Gasteiger partial charge in [-0.25, -0.2) is 0 Å². The van der Waals surface area contributed by atoms with Crippen molar-refractivity contribution in [1.29, 1.82) is 0 Å². The molecule has 2 aromatic heterocycles. The van der Waals surface area contributed by atoms with Crippen LogP contribution in [-0.4, -0.2) is 20.8 Å². The first-order chi connectivity index (χ1) is 10.1. The summed E-state index contributed by atoms with van der Waals surface area (Å²) in [4.78, 5) is 12.2. The molecule has 2 heterocycles. The van der Waals surface area contributed by atoms with E-state index in [0.29, 0.717) is 24.6 Å². The summed E-state index contributed by atoms with van der Waals surface area (Å²) >= 11 is 0. The Morgan fingerprint density at radius 1 is 1.48 bits per heavy atom. The zero-order valence-electron chi connectivity index (χ0n) is 12.7. The van der Waals surface area contributed by atoms with Gasteiger partial charge in [-0.15, -0.1) is 0 Å². The molecule has 1 atom stereocenters. The lowest BCUT2D eigenvalue weighted by molar-refractivity contribution is -0.125. The smallest absolute Gasteiger partial charge is 0.245 e. The second-order valence-electron chi connectivity index (χ2n) is 5.51. The second-order valence-corrected chi connectivity index (χ2v) is 5.51. The van der Waals surface area contributed by atoms with Crippen molar-refractivity contribution >= 4 is 5.91 Å². The Bertz CT molecular complexity index is 560. The molecule has 0 unspecified atom stereocenters. The Kier molecular flexibility index (Phi) is 5.14. The van der Waals surface area contributed by atoms with E-state index < -0.39 is 0 Å². The van der Waals surface area contributed by atoms with Gasteiger partial charge in [0.15, 0.2) is 5.76 Å². The molecule has 2 aromatic rings. The van der Waals surface area contributed by atoms with Gasteiger partial charge in [0.05, 0.1) is 12.2 Å². The minimum Gasteiger partial charge on any atom is -0.359 e. The Balaban J connectivity index is 1.90. The highest BCUT2D eigenvalue weighted by atomic mass is 16.5. The van der Waals surface area contributed by atoms with Crippen LogP contribution in [0.25, 0.3) is 0 Å². The number of amides is 1. The highest BCUT2D eigenvalue weighted by Crippen LogP contribution is 2.12. The summed E-state index contributed by atoms with van der Waals surface area (Å²) in [5.74, 6) is 1.14. The number of hydrogen-bond acceptors (Lipinski definition) is 4. The van der Waals surface area contributed by atoms with Crippen LogP contribution in [0.1, 0.15) is 44.7 Å². The van der Waals surface area contributed by atoms with E-state index in [9.17, 15) is 4.79 Å². The lowest BCUT2D eigenvalue weighted by atomic mass is 10.1. The molecule has 1 amide bonds. The lowest BCUT2D eigenvalue weighted by Gasteiger charge is -2.14. The summed E-state index contributed by atoms with van der Waals surface area (Å²) in [6.07, 6.45) is 5.03. The number of aromatic nitrogens is 3. The second kappa shape index (κ2) is 7.06. The van der Waals surface area contributed by atoms with Crippen molar-refractivity contribution in [1.82, 2.24) is 20.3 Å². The molecule has 0 radical (unpaired) electrons. The normalized spacial score (nSPS) is 12.6. The van der Waals surface area contributed by atoms with E-state index in [1.165, 1.54) is 0 Å². The number of rotatable bonds is 7. The molecule has 0 aromatic carbocycles. The van der Waals surface area contributed by atoms with Crippen LogP contribution in [-0.2, 0) is 17.8 Å². The molecule has 6 heteroatoms. The van der Waals surface area contributed by atoms with Gasteiger partial charge in [-0.05, 0) is 24.8 Å². The van der Waals surface area contributed by atoms with Crippen molar-refractivity contribution < 1.29 is 9.32 Å². The van der Waals surface area contributed by atoms with Crippen LogP contribution in [0.5, 0.6) is 0 Å². The van der Waals surface area contributed by atoms with Crippen LogP contribution in [0, 0.1) is 5.92 Å². The Hall–Kier alpha value is -2.11. The van der Waals surface area contributed by atoms with Gasteiger partial charge in [0.25, 0.3) is 0 Å². The molecular weight excluding hydrogens is 268 g/mol. The van der Waals surface area contributed by atoms with Crippen LogP contribution in [0.4, 0.5) is 0 Å². The maximum Gasteiger partial charge on any atom is 0.245 e. The third kappa shape index (κ3) is 4.18. The maximum atomic E-state index is 12.2. The molecule has 0 saturated heterocycles. The maximum absolute atomic E-state index is 12.2. The van der Waals surface area contributed by atoms with Gasteiger partial charge in [-0.2, -0.15) is 5.10 Å². The molecule has 0 aliphatic rings. The van der Waals surface area contributed by atoms with E-state index in [0.717, 1.165) is 12.1 Å². The zero-order chi connectivity index (χ0) is 15.2. The molecule has 0 saturated carbocycles. The predicted octanol–water partition coefficient (Wildman–Crippen LogP) is 2.34. The number of nitrogens with one attached hydrogen (secondary N) is 1. The largest absolute Gasteiger partial charge is 0.359 e. The molecule has 6 nitrogen and oxygen atoms in total. The minimum atomic E-state index is -0.293. The SMILES string of the molecule is CC[C@H](C(=O)NCc1cc(CC(C)C)no1)n1cccn1. The van der Waals surface area contributed by atoms with E-state index in [4.69, 9.17) is 4.52 Å². The number of nitrogens with zero attached hydrogens (tertiary/aromatic N) is 3. The Labute approximate surface area is 124 Å². The highest BCUT2D eigenvalue weighted by Gasteiger charge is 2.18. The first kappa shape index (κ1) is 15.3. The van der Waals surface area contributed by atoms with E-state index in [1.54, 1.807) is 17.1 Å². The lowest BCUT2D eigenvalue weighted by Crippen LogP contribution is -2.32. The molecule has 1 N–H and O–H groups in total. The molecule has 21 heavy (non-hydrogen) atoms. The average molecular weight is 290 g/mol. The monoisotopic (exact) mass is 290 g/mol. The molecule has 0 bridgehead atoms. The molecule has 0 aliphatic carbocycles. The number of carbonyl (C=O) groups excluding carboxylic acids is 1. The van der Waals surface area contributed by atoms with E-state index in [-0.39, 0.29) is 11.9 Å². The third-order valence-electron chi connectivity index (χ3n) is 3.20. The minimum absolute atomic E-state index is 0.0667. The van der Waals surface area contributed by atoms with Crippen LogP contribution in [0.15, 0.2) is 29.0 Å². The van der Waals surface area contributed by atoms with Gasteiger partial charge in [0, 0.05) is 18.5 Å². The predicted molar refractivity (Wildman–Crippen MR) is 78.4 cm³/mol. The fourth-order valence-corrected chi connectivity index (χ4v) is 2.20. The van der Waals surface area contributed by atoms with Crippen LogP contribution in [0.3, 0.4) is 0 Å². The van der Waals surface area contributed by atoms with Gasteiger partial charge in [-0.3, -0.25) is 9.48 Å². The summed E-state index contributed by atoms with van der Waals surface area (Å²) in [5.41, 5.74) is 0.924. The first-order valence-corrected chi connectivity index (χ1v) is 7.31. The molecule has 2 rings (SSSR count). The molecular formula is C15H22N4O2. The Morgan fingerprint density at radius 3 is 2.90 bits per heavy atom. The van der Waals surface area contributed by atoms with Crippen LogP contribution < -0.4 is 5.32 Å². The first-order valence-electron chi connectivity index (χ1n) is 7.31. The fourth-order valence-electron chi connectivity index (χ4n) is 2.20. The third-order valence-corrected chi connectivity index (χ3v) is 3.20. The summed E-state index contributed by atoms with van der Waals surface area (Å²) in [6.45, 7) is 6.57. The molecule has 114 valence electrons. The topological polar surface area (TPSA) is 73.0 Å². The number of carbonyl (C=O) groups is 1. The van der Waals surface area contributed by atoms with Crippen LogP contribution >= 0.6 is 0 Å². The molecule has 0 spiro atoms. The van der Waals surface area contributed by atoms with Crippen LogP contribution in [0.2, 0.25) is 0 Å². The Morgan fingerprint density at radius 2 is 2.29 bits per heavy atom. The average Bonchev–Trinajstić information content (AvgIpc) is 3.08. The molecule has 0 aliphatic heterocycles. The summed E-state index contributed by atoms with van der Waals surface area (Å²) in [7, 11) is 0. The van der Waals surface area contributed by atoms with Gasteiger partial charge >= 0.3 is 0 Å². The van der Waals surface area contributed by atoms with Crippen molar-refractivity contribution in [2.75, 3.05) is 0 Å². The van der Waals surface area contributed by atoms with Crippen molar-refractivity contribution in [3.05, 3.63) is 36.0 Å². The van der Waals surface area contributed by atoms with Crippen molar-refractivity contribution in [3.63, 3.8) is 0 Å². The van der Waals surface area contributed by atoms with E-state index in [1.807, 2.05) is 19.1 Å². The summed E-state index contributed by atoms with van der Waals surface area (Å²) in [6, 6.07) is 3.41. The van der Waals surface area contributed by atoms with Crippen molar-refractivity contribution in [2.24, 2.45) is 5.92 Å². The van der Waals surface area contributed by atoms with E-state index >= 15 is 0 Å². The standard InChI is InChI=1S/C15H22N4O2/c1-4-14(19-7-5-6-17-19)15(20)16-10-13-9-12(18-21-13)8-11(2)3/h5-7,9,11,14H,4,8,10H2,1-3H3,(H,16,20)/t14-/m1/s1. The quantitative estimate of drug-likeness (QED) is 0.849. The summed E-state index contributed by atoms with van der Waals surface area (Å²) in [5, 5.41) is 11.0. The summed E-state index contributed by atoms with van der Waals surface area (Å²) < 4.78 is 6.90.